The number of aliphatic carboxylic acids is 1. The standard InChI is InChI=1S/C23H29N7O6.ClH/c1-2-25-21(35)18-16(33)17(34)22(36-18)30-11-27-15-19(24)28-23(29-20(15)30)26-10-9-13-5-3-12(4-6-13)7-8-14(31)32;/h3-6,11,16-18,22,33-34H,2,7-10H2,1H3,(H,25,35)(H,31,32)(H3,24,26,28,29);1H/t16-,17+,18+,22+;/m1./s1. The second-order valence-electron chi connectivity index (χ2n) is 8.47. The number of nitrogens with zero attached hydrogens (tertiary/aromatic N) is 4. The van der Waals surface area contributed by atoms with Crippen molar-refractivity contribution in [1.82, 2.24) is 24.8 Å². The summed E-state index contributed by atoms with van der Waals surface area (Å²) >= 11 is 0. The largest absolute Gasteiger partial charge is 0.481 e. The zero-order chi connectivity index (χ0) is 25.8. The van der Waals surface area contributed by atoms with Crippen molar-refractivity contribution in [3.63, 3.8) is 0 Å². The lowest BCUT2D eigenvalue weighted by atomic mass is 10.1. The molecule has 7 N–H and O–H groups in total. The summed E-state index contributed by atoms with van der Waals surface area (Å²) in [5, 5.41) is 35.4. The van der Waals surface area contributed by atoms with E-state index < -0.39 is 36.4 Å². The van der Waals surface area contributed by atoms with Gasteiger partial charge in [0.1, 0.15) is 17.7 Å². The van der Waals surface area contributed by atoms with Crippen molar-refractivity contribution in [2.45, 2.75) is 50.7 Å². The van der Waals surface area contributed by atoms with Crippen molar-refractivity contribution < 1.29 is 29.6 Å². The van der Waals surface area contributed by atoms with E-state index in [1.54, 1.807) is 6.92 Å². The molecule has 4 atom stereocenters. The highest BCUT2D eigenvalue weighted by Crippen LogP contribution is 2.32. The number of aromatic nitrogens is 4. The fourth-order valence-electron chi connectivity index (χ4n) is 4.03. The number of aliphatic hydroxyl groups is 2. The first-order valence-corrected chi connectivity index (χ1v) is 11.6. The molecule has 37 heavy (non-hydrogen) atoms. The van der Waals surface area contributed by atoms with Crippen LogP contribution < -0.4 is 16.4 Å². The number of aryl methyl sites for hydroxylation is 1. The van der Waals surface area contributed by atoms with Crippen molar-refractivity contribution in [2.75, 3.05) is 24.1 Å². The molecule has 14 heteroatoms. The van der Waals surface area contributed by atoms with Crippen LogP contribution in [0.3, 0.4) is 0 Å². The third kappa shape index (κ3) is 6.25. The lowest BCUT2D eigenvalue weighted by Gasteiger charge is -2.16. The second kappa shape index (κ2) is 12.1. The maximum absolute atomic E-state index is 12.2. The Morgan fingerprint density at radius 3 is 2.43 bits per heavy atom. The SMILES string of the molecule is CCNC(=O)[C@H]1O[C@H](n2cnc3c(N)nc(NCCc4ccc(CCC(=O)O)cc4)nc32)[C@@H](O)[C@H]1O.Cl. The summed E-state index contributed by atoms with van der Waals surface area (Å²) in [4.78, 5) is 35.8. The lowest BCUT2D eigenvalue weighted by Crippen LogP contribution is -2.42. The zero-order valence-electron chi connectivity index (χ0n) is 20.1. The Kier molecular flexibility index (Phi) is 9.21. The second-order valence-corrected chi connectivity index (χ2v) is 8.47. The molecular weight excluding hydrogens is 506 g/mol. The minimum Gasteiger partial charge on any atom is -0.481 e. The third-order valence-electron chi connectivity index (χ3n) is 5.92. The molecule has 0 saturated carbocycles. The van der Waals surface area contributed by atoms with Crippen molar-refractivity contribution >= 4 is 47.2 Å². The van der Waals surface area contributed by atoms with Gasteiger partial charge in [0.05, 0.1) is 6.33 Å². The van der Waals surface area contributed by atoms with Crippen molar-refractivity contribution in [3.05, 3.63) is 41.7 Å². The number of amides is 1. The van der Waals surface area contributed by atoms with Gasteiger partial charge < -0.3 is 36.4 Å². The van der Waals surface area contributed by atoms with E-state index in [2.05, 4.69) is 25.6 Å². The minimum absolute atomic E-state index is 0. The van der Waals surface area contributed by atoms with E-state index in [1.165, 1.54) is 10.9 Å². The summed E-state index contributed by atoms with van der Waals surface area (Å²) in [6.45, 7) is 2.59. The maximum atomic E-state index is 12.2. The Morgan fingerprint density at radius 1 is 1.11 bits per heavy atom. The van der Waals surface area contributed by atoms with Crippen LogP contribution in [0.5, 0.6) is 0 Å². The molecule has 0 aliphatic carbocycles. The van der Waals surface area contributed by atoms with E-state index in [0.29, 0.717) is 31.4 Å². The van der Waals surface area contributed by atoms with Crippen LogP contribution in [0.1, 0.15) is 30.7 Å². The Bertz CT molecular complexity index is 1240. The number of imidazole rings is 1. The molecule has 1 amide bonds. The number of carbonyl (C=O) groups excluding carboxylic acids is 1. The van der Waals surface area contributed by atoms with Crippen LogP contribution in [-0.2, 0) is 27.2 Å². The molecule has 1 fully saturated rings. The fourth-order valence-corrected chi connectivity index (χ4v) is 4.03. The Morgan fingerprint density at radius 2 is 1.78 bits per heavy atom. The number of carbonyl (C=O) groups is 2. The number of carboxylic acids is 1. The summed E-state index contributed by atoms with van der Waals surface area (Å²) in [7, 11) is 0. The van der Waals surface area contributed by atoms with Crippen LogP contribution in [0.25, 0.3) is 11.2 Å². The van der Waals surface area contributed by atoms with Gasteiger partial charge in [-0.3, -0.25) is 14.2 Å². The molecule has 1 aliphatic rings. The first-order valence-electron chi connectivity index (χ1n) is 11.6. The lowest BCUT2D eigenvalue weighted by molar-refractivity contribution is -0.138. The average Bonchev–Trinajstić information content (AvgIpc) is 3.40. The molecule has 0 unspecified atom stereocenters. The van der Waals surface area contributed by atoms with Gasteiger partial charge in [0.2, 0.25) is 5.95 Å². The zero-order valence-corrected chi connectivity index (χ0v) is 20.9. The predicted molar refractivity (Wildman–Crippen MR) is 136 cm³/mol. The van der Waals surface area contributed by atoms with Crippen LogP contribution in [0.2, 0.25) is 0 Å². The van der Waals surface area contributed by atoms with Gasteiger partial charge in [-0.15, -0.1) is 12.4 Å². The summed E-state index contributed by atoms with van der Waals surface area (Å²) in [6, 6.07) is 7.71. The van der Waals surface area contributed by atoms with Crippen LogP contribution in [0.15, 0.2) is 30.6 Å². The normalized spacial score (nSPS) is 20.9. The molecule has 3 heterocycles. The molecule has 1 saturated heterocycles. The van der Waals surface area contributed by atoms with Crippen molar-refractivity contribution in [1.29, 1.82) is 0 Å². The molecule has 3 aromatic rings. The van der Waals surface area contributed by atoms with Gasteiger partial charge >= 0.3 is 5.97 Å². The number of carboxylic acid groups (broad SMARTS) is 1. The molecule has 200 valence electrons. The van der Waals surface area contributed by atoms with Gasteiger partial charge in [0.25, 0.3) is 5.91 Å². The molecule has 4 rings (SSSR count). The number of hydrogen-bond acceptors (Lipinski definition) is 10. The molecule has 1 aromatic carbocycles. The summed E-state index contributed by atoms with van der Waals surface area (Å²) in [5.41, 5.74) is 8.65. The topological polar surface area (TPSA) is 198 Å². The Balaban J connectivity index is 0.00000380. The first kappa shape index (κ1) is 28.1. The van der Waals surface area contributed by atoms with E-state index in [1.807, 2.05) is 24.3 Å². The third-order valence-corrected chi connectivity index (χ3v) is 5.92. The average molecular weight is 536 g/mol. The highest BCUT2D eigenvalue weighted by atomic mass is 35.5. The summed E-state index contributed by atoms with van der Waals surface area (Å²) < 4.78 is 7.09. The van der Waals surface area contributed by atoms with Crippen LogP contribution in [0.4, 0.5) is 11.8 Å². The van der Waals surface area contributed by atoms with Gasteiger partial charge in [0.15, 0.2) is 23.8 Å². The van der Waals surface area contributed by atoms with Gasteiger partial charge in [-0.25, -0.2) is 4.98 Å². The fraction of sp³-hybridized carbons (Fsp3) is 0.435. The number of aliphatic hydroxyl groups excluding tert-OH is 2. The van der Waals surface area contributed by atoms with E-state index in [0.717, 1.165) is 11.1 Å². The number of hydrogen-bond donors (Lipinski definition) is 6. The van der Waals surface area contributed by atoms with Crippen molar-refractivity contribution in [2.24, 2.45) is 0 Å². The molecule has 13 nitrogen and oxygen atoms in total. The molecule has 1 aliphatic heterocycles. The first-order chi connectivity index (χ1) is 17.3. The van der Waals surface area contributed by atoms with Gasteiger partial charge in [-0.05, 0) is 30.9 Å². The number of ether oxygens (including phenoxy) is 1. The Labute approximate surface area is 218 Å². The number of fused-ring (bicyclic) bond motifs is 1. The monoisotopic (exact) mass is 535 g/mol. The van der Waals surface area contributed by atoms with E-state index in [4.69, 9.17) is 15.6 Å². The number of benzene rings is 1. The quantitative estimate of drug-likeness (QED) is 0.208. The van der Waals surface area contributed by atoms with Gasteiger partial charge in [0, 0.05) is 19.5 Å². The molecule has 0 bridgehead atoms. The summed E-state index contributed by atoms with van der Waals surface area (Å²) in [6.07, 6.45) is -2.56. The predicted octanol–water partition coefficient (Wildman–Crippen LogP) is 0.257. The van der Waals surface area contributed by atoms with E-state index in [9.17, 15) is 19.8 Å². The van der Waals surface area contributed by atoms with Gasteiger partial charge in [-0.2, -0.15) is 9.97 Å². The van der Waals surface area contributed by atoms with E-state index in [-0.39, 0.29) is 36.2 Å². The number of halogens is 1. The minimum atomic E-state index is -1.42. The molecular formula is C23H30ClN7O6. The van der Waals surface area contributed by atoms with E-state index >= 15 is 0 Å². The van der Waals surface area contributed by atoms with Crippen LogP contribution >= 0.6 is 12.4 Å². The number of nitrogens with two attached hydrogens (primary N) is 1. The van der Waals surface area contributed by atoms with Crippen LogP contribution in [-0.4, -0.2) is 78.1 Å². The number of rotatable bonds is 10. The number of likely N-dealkylation sites (N-methyl/N-ethyl adjacent to an activating group) is 1. The maximum Gasteiger partial charge on any atom is 0.303 e. The number of nitrogen functional groups attached to an aromatic ring is 1. The highest BCUT2D eigenvalue weighted by Gasteiger charge is 2.47. The molecule has 2 aromatic heterocycles. The Hall–Kier alpha value is -3.52. The van der Waals surface area contributed by atoms with Crippen molar-refractivity contribution in [3.8, 4) is 0 Å². The number of anilines is 2. The summed E-state index contributed by atoms with van der Waals surface area (Å²) in [5.74, 6) is -0.985. The van der Waals surface area contributed by atoms with Gasteiger partial charge in [-0.1, -0.05) is 24.3 Å². The molecule has 0 radical (unpaired) electrons. The molecule has 0 spiro atoms. The smallest absolute Gasteiger partial charge is 0.303 e. The van der Waals surface area contributed by atoms with Crippen LogP contribution in [0, 0.1) is 0 Å². The highest BCUT2D eigenvalue weighted by molar-refractivity contribution is 5.85. The number of nitrogens with one attached hydrogen (secondary N) is 2.